The van der Waals surface area contributed by atoms with Crippen LogP contribution >= 0.6 is 0 Å². The summed E-state index contributed by atoms with van der Waals surface area (Å²) in [5.74, 6) is 2.69. The highest BCUT2D eigenvalue weighted by atomic mass is 16.5. The Labute approximate surface area is 170 Å². The number of piperidine rings is 1. The van der Waals surface area contributed by atoms with Gasteiger partial charge in [-0.2, -0.15) is 5.10 Å². The Hall–Kier alpha value is -2.12. The van der Waals surface area contributed by atoms with E-state index in [-0.39, 0.29) is 0 Å². The van der Waals surface area contributed by atoms with E-state index < -0.39 is 0 Å². The predicted octanol–water partition coefficient (Wildman–Crippen LogP) is 2.23. The van der Waals surface area contributed by atoms with Crippen LogP contribution in [0, 0.1) is 11.8 Å². The Morgan fingerprint density at radius 1 is 1.21 bits per heavy atom. The topological polar surface area (TPSA) is 78.4 Å². The lowest BCUT2D eigenvalue weighted by atomic mass is 10.0. The molecular formula is C22H27N5O2. The summed E-state index contributed by atoms with van der Waals surface area (Å²) in [6.45, 7) is 3.07. The van der Waals surface area contributed by atoms with Crippen molar-refractivity contribution >= 4 is 5.82 Å². The SMILES string of the molecule is COc1cc(-c2cc([C@@]34C5[C@H]3[C@H]4CN5C3COC3)n(C3CCCC3)n2)cnc1N. The van der Waals surface area contributed by atoms with Crippen molar-refractivity contribution in [3.05, 3.63) is 24.0 Å². The van der Waals surface area contributed by atoms with E-state index in [2.05, 4.69) is 20.6 Å². The molecular weight excluding hydrogens is 366 g/mol. The van der Waals surface area contributed by atoms with Crippen molar-refractivity contribution in [1.29, 1.82) is 0 Å². The Balaban J connectivity index is 1.29. The molecule has 3 aliphatic carbocycles. The number of hydrogen-bond acceptors (Lipinski definition) is 6. The normalized spacial score (nSPS) is 35.6. The van der Waals surface area contributed by atoms with Crippen LogP contribution in [-0.4, -0.2) is 58.6 Å². The van der Waals surface area contributed by atoms with E-state index in [1.807, 2.05) is 12.3 Å². The molecule has 1 unspecified atom stereocenters. The molecule has 4 atom stereocenters. The zero-order valence-electron chi connectivity index (χ0n) is 16.8. The van der Waals surface area contributed by atoms with Gasteiger partial charge in [-0.1, -0.05) is 12.8 Å². The fourth-order valence-electron chi connectivity index (χ4n) is 6.68. The summed E-state index contributed by atoms with van der Waals surface area (Å²) in [6, 6.07) is 6.21. The average molecular weight is 393 g/mol. The molecule has 6 aliphatic rings. The average Bonchev–Trinajstić information content (AvgIpc) is 3.19. The second kappa shape index (κ2) is 5.52. The van der Waals surface area contributed by atoms with Crippen molar-refractivity contribution in [3.8, 4) is 17.0 Å². The molecule has 0 aromatic carbocycles. The Morgan fingerprint density at radius 3 is 2.72 bits per heavy atom. The van der Waals surface area contributed by atoms with Crippen LogP contribution in [0.15, 0.2) is 18.3 Å². The zero-order chi connectivity index (χ0) is 19.3. The summed E-state index contributed by atoms with van der Waals surface area (Å²) >= 11 is 0. The lowest BCUT2D eigenvalue weighted by Crippen LogP contribution is -2.48. The number of anilines is 1. The Kier molecular flexibility index (Phi) is 3.17. The number of hydrogen-bond donors (Lipinski definition) is 1. The maximum absolute atomic E-state index is 5.93. The van der Waals surface area contributed by atoms with E-state index in [1.165, 1.54) is 37.9 Å². The van der Waals surface area contributed by atoms with Gasteiger partial charge in [0.25, 0.3) is 0 Å². The van der Waals surface area contributed by atoms with Crippen molar-refractivity contribution in [3.63, 3.8) is 0 Å². The highest BCUT2D eigenvalue weighted by Crippen LogP contribution is 2.86. The van der Waals surface area contributed by atoms with Gasteiger partial charge in [0.2, 0.25) is 0 Å². The van der Waals surface area contributed by atoms with Crippen LogP contribution in [0.3, 0.4) is 0 Å². The van der Waals surface area contributed by atoms with Crippen LogP contribution in [0.1, 0.15) is 37.4 Å². The first-order valence-electron chi connectivity index (χ1n) is 11.0. The van der Waals surface area contributed by atoms with Crippen LogP contribution in [0.5, 0.6) is 5.75 Å². The monoisotopic (exact) mass is 393 g/mol. The van der Waals surface area contributed by atoms with Gasteiger partial charge in [0.05, 0.1) is 38.1 Å². The minimum absolute atomic E-state index is 0.356. The third-order valence-electron chi connectivity index (χ3n) is 8.31. The molecule has 0 amide bonds. The van der Waals surface area contributed by atoms with Gasteiger partial charge in [0, 0.05) is 35.5 Å². The van der Waals surface area contributed by atoms with Gasteiger partial charge in [-0.3, -0.25) is 9.58 Å². The number of nitrogens with zero attached hydrogens (tertiary/aromatic N) is 4. The fraction of sp³-hybridized carbons (Fsp3) is 0.636. The number of aromatic nitrogens is 3. The van der Waals surface area contributed by atoms with Gasteiger partial charge in [-0.25, -0.2) is 4.98 Å². The molecule has 2 bridgehead atoms. The van der Waals surface area contributed by atoms with Crippen LogP contribution in [-0.2, 0) is 10.2 Å². The van der Waals surface area contributed by atoms with Crippen molar-refractivity contribution in [2.24, 2.45) is 11.8 Å². The first-order valence-corrected chi connectivity index (χ1v) is 11.0. The van der Waals surface area contributed by atoms with E-state index in [0.717, 1.165) is 36.3 Å². The molecule has 2 aromatic rings. The second-order valence-electron chi connectivity index (χ2n) is 9.51. The molecule has 7 nitrogen and oxygen atoms in total. The number of nitrogens with two attached hydrogens (primary N) is 1. The smallest absolute Gasteiger partial charge is 0.166 e. The van der Waals surface area contributed by atoms with Crippen molar-refractivity contribution < 1.29 is 9.47 Å². The van der Waals surface area contributed by atoms with Gasteiger partial charge in [0.15, 0.2) is 11.6 Å². The lowest BCUT2D eigenvalue weighted by molar-refractivity contribution is -0.0601. The number of pyridine rings is 1. The maximum Gasteiger partial charge on any atom is 0.166 e. The van der Waals surface area contributed by atoms with Gasteiger partial charge in [0.1, 0.15) is 0 Å². The number of fused-ring (bicyclic) bond motifs is 1. The summed E-state index contributed by atoms with van der Waals surface area (Å²) in [6.07, 6.45) is 6.93. The van der Waals surface area contributed by atoms with Crippen LogP contribution in [0.25, 0.3) is 11.3 Å². The molecule has 0 spiro atoms. The number of methoxy groups -OCH3 is 1. The molecule has 2 N–H and O–H groups in total. The van der Waals surface area contributed by atoms with Crippen molar-refractivity contribution in [2.45, 2.75) is 49.2 Å². The molecule has 152 valence electrons. The molecule has 7 heteroatoms. The van der Waals surface area contributed by atoms with Crippen LogP contribution in [0.4, 0.5) is 5.82 Å². The molecule has 5 heterocycles. The largest absolute Gasteiger partial charge is 0.493 e. The Bertz CT molecular complexity index is 989. The highest BCUT2D eigenvalue weighted by Gasteiger charge is 2.94. The molecule has 29 heavy (non-hydrogen) atoms. The van der Waals surface area contributed by atoms with E-state index >= 15 is 0 Å². The molecule has 3 aliphatic heterocycles. The minimum atomic E-state index is 0.356. The van der Waals surface area contributed by atoms with Crippen molar-refractivity contribution in [2.75, 3.05) is 32.6 Å². The van der Waals surface area contributed by atoms with E-state index in [9.17, 15) is 0 Å². The van der Waals surface area contributed by atoms with E-state index in [0.29, 0.717) is 35.1 Å². The molecule has 8 rings (SSSR count). The molecule has 0 radical (unpaired) electrons. The van der Waals surface area contributed by atoms with E-state index in [1.54, 1.807) is 7.11 Å². The van der Waals surface area contributed by atoms with Crippen LogP contribution < -0.4 is 10.5 Å². The first-order chi connectivity index (χ1) is 14.2. The highest BCUT2D eigenvalue weighted by molar-refractivity contribution is 5.66. The number of rotatable bonds is 5. The predicted molar refractivity (Wildman–Crippen MR) is 108 cm³/mol. The number of ether oxygens (including phenoxy) is 2. The van der Waals surface area contributed by atoms with Gasteiger partial charge in [-0.15, -0.1) is 0 Å². The lowest BCUT2D eigenvalue weighted by Gasteiger charge is -2.34. The fourth-order valence-corrected chi connectivity index (χ4v) is 6.68. The van der Waals surface area contributed by atoms with Gasteiger partial charge < -0.3 is 15.2 Å². The maximum atomic E-state index is 5.93. The van der Waals surface area contributed by atoms with Gasteiger partial charge >= 0.3 is 0 Å². The summed E-state index contributed by atoms with van der Waals surface area (Å²) in [5.41, 5.74) is 9.74. The van der Waals surface area contributed by atoms with Crippen LogP contribution in [0.2, 0.25) is 0 Å². The standard InChI is InChI=1S/C22H27N5O2/c1-28-17-6-12(8-24-21(17)23)16-7-18(27(25-16)13-4-2-3-5-13)22-15-9-26(14-10-29-11-14)20(22)19(15)22/h6-8,13-15,19-20H,2-5,9-11H2,1H3,(H2,23,24)/t15-,19-,20?,22-/m1/s1. The molecule has 6 fully saturated rings. The zero-order valence-corrected chi connectivity index (χ0v) is 16.8. The molecule has 2 aromatic heterocycles. The van der Waals surface area contributed by atoms with E-state index in [4.69, 9.17) is 20.3 Å². The van der Waals surface area contributed by atoms with Crippen molar-refractivity contribution in [1.82, 2.24) is 19.7 Å². The van der Waals surface area contributed by atoms with Gasteiger partial charge in [-0.05, 0) is 36.8 Å². The summed E-state index contributed by atoms with van der Waals surface area (Å²) in [7, 11) is 1.63. The summed E-state index contributed by atoms with van der Waals surface area (Å²) in [5, 5.41) is 5.14. The minimum Gasteiger partial charge on any atom is -0.493 e. The first kappa shape index (κ1) is 16.7. The Morgan fingerprint density at radius 2 is 2.03 bits per heavy atom. The quantitative estimate of drug-likeness (QED) is 0.839. The summed E-state index contributed by atoms with van der Waals surface area (Å²) < 4.78 is 13.3. The molecule has 3 saturated carbocycles. The third kappa shape index (κ3) is 2.00. The molecule has 3 saturated heterocycles. The second-order valence-corrected chi connectivity index (χ2v) is 9.51. The third-order valence-corrected chi connectivity index (χ3v) is 8.31. The summed E-state index contributed by atoms with van der Waals surface area (Å²) in [4.78, 5) is 7.06. The number of nitrogen functional groups attached to an aromatic ring is 1.